The Morgan fingerprint density at radius 2 is 1.62 bits per heavy atom. The van der Waals surface area contributed by atoms with E-state index in [4.69, 9.17) is 4.74 Å². The van der Waals surface area contributed by atoms with E-state index in [1.807, 2.05) is 25.1 Å². The first kappa shape index (κ1) is 20.8. The van der Waals surface area contributed by atoms with E-state index in [0.29, 0.717) is 22.7 Å². The quantitative estimate of drug-likeness (QED) is 0.356. The van der Waals surface area contributed by atoms with Gasteiger partial charge in [-0.05, 0) is 66.6 Å². The number of hydrogen-bond donors (Lipinski definition) is 1. The van der Waals surface area contributed by atoms with E-state index in [1.165, 1.54) is 31.4 Å². The van der Waals surface area contributed by atoms with E-state index in [1.54, 1.807) is 30.3 Å². The second kappa shape index (κ2) is 8.35. The Balaban J connectivity index is 1.80. The topological polar surface area (TPSA) is 102 Å². The number of nitro groups is 1. The highest BCUT2D eigenvalue weighted by Gasteiger charge is 2.40. The highest BCUT2D eigenvalue weighted by Crippen LogP contribution is 2.35. The largest absolute Gasteiger partial charge is 0.497 e. The van der Waals surface area contributed by atoms with Gasteiger partial charge in [0.15, 0.2) is 0 Å². The van der Waals surface area contributed by atoms with E-state index < -0.39 is 16.7 Å². The number of carbonyl (C=O) groups is 2. The molecule has 0 spiro atoms. The van der Waals surface area contributed by atoms with Crippen molar-refractivity contribution in [3.05, 3.63) is 99.7 Å². The molecule has 0 bridgehead atoms. The predicted octanol–water partition coefficient (Wildman–Crippen LogP) is 4.31. The number of imide groups is 1. The molecular weight excluding hydrogens is 410 g/mol. The summed E-state index contributed by atoms with van der Waals surface area (Å²) < 4.78 is 5.15. The fraction of sp³-hybridized carbons (Fsp3) is 0.0833. The number of methoxy groups -OCH3 is 1. The number of ether oxygens (including phenoxy) is 1. The van der Waals surface area contributed by atoms with E-state index in [-0.39, 0.29) is 17.0 Å². The molecule has 0 atom stereocenters. The third-order valence-corrected chi connectivity index (χ3v) is 5.07. The van der Waals surface area contributed by atoms with E-state index >= 15 is 0 Å². The molecule has 32 heavy (non-hydrogen) atoms. The first-order valence-electron chi connectivity index (χ1n) is 9.74. The molecule has 4 rings (SSSR count). The number of nitrogens with one attached hydrogen (secondary N) is 1. The van der Waals surface area contributed by atoms with Gasteiger partial charge >= 0.3 is 0 Å². The zero-order chi connectivity index (χ0) is 22.8. The number of nitro benzene ring substituents is 1. The summed E-state index contributed by atoms with van der Waals surface area (Å²) >= 11 is 0. The van der Waals surface area contributed by atoms with Gasteiger partial charge in [-0.2, -0.15) is 0 Å². The Bertz CT molecular complexity index is 1250. The zero-order valence-corrected chi connectivity index (χ0v) is 17.4. The number of anilines is 2. The van der Waals surface area contributed by atoms with Crippen molar-refractivity contribution in [1.29, 1.82) is 0 Å². The number of hydrogen-bond acceptors (Lipinski definition) is 6. The third-order valence-electron chi connectivity index (χ3n) is 5.07. The SMILES string of the molecule is COc1ccc(N2C(=O)C(Nc3cccc(C)c3)=C(c3ccc([N+](=O)[O-])cc3)C2=O)cc1. The lowest BCUT2D eigenvalue weighted by atomic mass is 10.0. The second-order valence-electron chi connectivity index (χ2n) is 7.19. The van der Waals surface area contributed by atoms with Crippen LogP contribution in [0.2, 0.25) is 0 Å². The molecule has 0 saturated heterocycles. The smallest absolute Gasteiger partial charge is 0.282 e. The normalized spacial score (nSPS) is 13.5. The van der Waals surface area contributed by atoms with Gasteiger partial charge < -0.3 is 10.1 Å². The van der Waals surface area contributed by atoms with Crippen molar-refractivity contribution in [3.63, 3.8) is 0 Å². The van der Waals surface area contributed by atoms with Crippen LogP contribution in [0.4, 0.5) is 17.1 Å². The molecule has 8 nitrogen and oxygen atoms in total. The van der Waals surface area contributed by atoms with Crippen molar-refractivity contribution in [2.45, 2.75) is 6.92 Å². The minimum Gasteiger partial charge on any atom is -0.497 e. The molecule has 160 valence electrons. The van der Waals surface area contributed by atoms with Crippen LogP contribution in [0.5, 0.6) is 5.75 Å². The van der Waals surface area contributed by atoms with Crippen LogP contribution in [0.15, 0.2) is 78.5 Å². The van der Waals surface area contributed by atoms with Crippen LogP contribution in [0, 0.1) is 17.0 Å². The van der Waals surface area contributed by atoms with Crippen LogP contribution in [0.25, 0.3) is 5.57 Å². The number of amides is 2. The number of carbonyl (C=O) groups excluding carboxylic acids is 2. The first-order chi connectivity index (χ1) is 15.4. The van der Waals surface area contributed by atoms with Gasteiger partial charge in [0.1, 0.15) is 11.4 Å². The molecule has 2 amide bonds. The lowest BCUT2D eigenvalue weighted by Crippen LogP contribution is -2.32. The highest BCUT2D eigenvalue weighted by atomic mass is 16.6. The lowest BCUT2D eigenvalue weighted by Gasteiger charge is -2.16. The monoisotopic (exact) mass is 429 g/mol. The molecule has 0 radical (unpaired) electrons. The minimum atomic E-state index is -0.524. The molecule has 0 aromatic heterocycles. The summed E-state index contributed by atoms with van der Waals surface area (Å²) in [5.74, 6) is -0.450. The van der Waals surface area contributed by atoms with Gasteiger partial charge in [0.2, 0.25) is 0 Å². The minimum absolute atomic E-state index is 0.102. The molecule has 0 saturated carbocycles. The van der Waals surface area contributed by atoms with E-state index in [0.717, 1.165) is 10.5 Å². The Labute approximate surface area is 183 Å². The van der Waals surface area contributed by atoms with Gasteiger partial charge in [0, 0.05) is 17.8 Å². The van der Waals surface area contributed by atoms with Crippen molar-refractivity contribution < 1.29 is 19.2 Å². The van der Waals surface area contributed by atoms with Crippen molar-refractivity contribution in [1.82, 2.24) is 0 Å². The fourth-order valence-corrected chi connectivity index (χ4v) is 3.50. The van der Waals surface area contributed by atoms with Crippen molar-refractivity contribution >= 4 is 34.4 Å². The molecule has 1 aliphatic heterocycles. The first-order valence-corrected chi connectivity index (χ1v) is 9.74. The number of rotatable bonds is 6. The summed E-state index contributed by atoms with van der Waals surface area (Å²) in [4.78, 5) is 38.3. The van der Waals surface area contributed by atoms with Crippen LogP contribution in [-0.4, -0.2) is 23.8 Å². The predicted molar refractivity (Wildman–Crippen MR) is 120 cm³/mol. The second-order valence-corrected chi connectivity index (χ2v) is 7.19. The maximum absolute atomic E-state index is 13.4. The van der Waals surface area contributed by atoms with Crippen LogP contribution in [0.3, 0.4) is 0 Å². The number of aryl methyl sites for hydroxylation is 1. The number of benzene rings is 3. The number of nitrogens with zero attached hydrogens (tertiary/aromatic N) is 2. The van der Waals surface area contributed by atoms with Gasteiger partial charge in [-0.3, -0.25) is 19.7 Å². The van der Waals surface area contributed by atoms with Gasteiger partial charge in [-0.25, -0.2) is 4.90 Å². The zero-order valence-electron chi connectivity index (χ0n) is 17.4. The summed E-state index contributed by atoms with van der Waals surface area (Å²) in [6.45, 7) is 1.92. The van der Waals surface area contributed by atoms with E-state index in [2.05, 4.69) is 5.32 Å². The molecule has 0 aliphatic carbocycles. The molecule has 0 fully saturated rings. The van der Waals surface area contributed by atoms with Gasteiger partial charge in [0.05, 0.1) is 23.3 Å². The van der Waals surface area contributed by atoms with Crippen molar-refractivity contribution in [3.8, 4) is 5.75 Å². The maximum atomic E-state index is 13.4. The molecule has 0 unspecified atom stereocenters. The summed E-state index contributed by atoms with van der Waals surface area (Å²) in [7, 11) is 1.53. The summed E-state index contributed by atoms with van der Waals surface area (Å²) in [6, 6.07) is 19.5. The van der Waals surface area contributed by atoms with Crippen LogP contribution < -0.4 is 15.0 Å². The average molecular weight is 429 g/mol. The number of non-ortho nitro benzene ring substituents is 1. The summed E-state index contributed by atoms with van der Waals surface area (Å²) in [5.41, 5.74) is 2.56. The maximum Gasteiger partial charge on any atom is 0.282 e. The van der Waals surface area contributed by atoms with Crippen LogP contribution in [0.1, 0.15) is 11.1 Å². The molecule has 3 aromatic carbocycles. The average Bonchev–Trinajstić information content (AvgIpc) is 3.03. The molecule has 3 aromatic rings. The Morgan fingerprint density at radius 3 is 2.22 bits per heavy atom. The van der Waals surface area contributed by atoms with Crippen molar-refractivity contribution in [2.75, 3.05) is 17.3 Å². The molecular formula is C24H19N3O5. The Morgan fingerprint density at radius 1 is 0.938 bits per heavy atom. The van der Waals surface area contributed by atoms with Gasteiger partial charge in [-0.1, -0.05) is 12.1 Å². The highest BCUT2D eigenvalue weighted by molar-refractivity contribution is 6.46. The van der Waals surface area contributed by atoms with Gasteiger partial charge in [-0.15, -0.1) is 0 Å². The van der Waals surface area contributed by atoms with E-state index in [9.17, 15) is 19.7 Å². The third kappa shape index (κ3) is 3.81. The Kier molecular flexibility index (Phi) is 5.43. The lowest BCUT2D eigenvalue weighted by molar-refractivity contribution is -0.384. The van der Waals surface area contributed by atoms with Crippen molar-refractivity contribution in [2.24, 2.45) is 0 Å². The fourth-order valence-electron chi connectivity index (χ4n) is 3.50. The molecule has 1 N–H and O–H groups in total. The molecule has 1 aliphatic rings. The van der Waals surface area contributed by atoms with Gasteiger partial charge in [0.25, 0.3) is 17.5 Å². The standard InChI is InChI=1S/C24H19N3O5/c1-15-4-3-5-17(14-15)25-22-21(16-6-8-19(9-7-16)27(30)31)23(28)26(24(22)29)18-10-12-20(32-2)13-11-18/h3-14,25H,1-2H3. The van der Waals surface area contributed by atoms with Crippen LogP contribution >= 0.6 is 0 Å². The summed E-state index contributed by atoms with van der Waals surface area (Å²) in [5, 5.41) is 14.1. The molecule has 1 heterocycles. The Hall–Kier alpha value is -4.46. The summed E-state index contributed by atoms with van der Waals surface area (Å²) in [6.07, 6.45) is 0. The van der Waals surface area contributed by atoms with Crippen LogP contribution in [-0.2, 0) is 9.59 Å². The molecule has 8 heteroatoms.